The second-order valence-electron chi connectivity index (χ2n) is 5.51. The van der Waals surface area contributed by atoms with Crippen molar-refractivity contribution in [1.29, 1.82) is 5.26 Å². The fraction of sp³-hybridized carbons (Fsp3) is 0.333. The molecule has 4 nitrogen and oxygen atoms in total. The molecule has 114 valence electrons. The van der Waals surface area contributed by atoms with Crippen molar-refractivity contribution in [2.75, 3.05) is 6.61 Å². The van der Waals surface area contributed by atoms with Gasteiger partial charge in [0.15, 0.2) is 0 Å². The molecule has 4 heteroatoms. The van der Waals surface area contributed by atoms with Crippen molar-refractivity contribution in [3.8, 4) is 23.1 Å². The van der Waals surface area contributed by atoms with E-state index in [0.717, 1.165) is 17.0 Å². The van der Waals surface area contributed by atoms with Gasteiger partial charge < -0.3 is 9.30 Å². The molecule has 0 atom stereocenters. The third kappa shape index (κ3) is 3.37. The zero-order valence-corrected chi connectivity index (χ0v) is 13.2. The lowest BCUT2D eigenvalue weighted by Crippen LogP contribution is -2.26. The third-order valence-corrected chi connectivity index (χ3v) is 3.30. The first-order valence-corrected chi connectivity index (χ1v) is 7.44. The SMILES string of the molecule is CCOc1ccc(-c2ccc(C#N)c(=O)n2CC(C)C)cc1. The van der Waals surface area contributed by atoms with E-state index in [1.807, 2.05) is 57.2 Å². The Kier molecular flexibility index (Phi) is 5.00. The van der Waals surface area contributed by atoms with E-state index in [0.29, 0.717) is 19.1 Å². The Morgan fingerprint density at radius 1 is 1.18 bits per heavy atom. The molecule has 1 heterocycles. The minimum Gasteiger partial charge on any atom is -0.494 e. The molecule has 22 heavy (non-hydrogen) atoms. The van der Waals surface area contributed by atoms with Gasteiger partial charge in [-0.25, -0.2) is 0 Å². The summed E-state index contributed by atoms with van der Waals surface area (Å²) in [4.78, 5) is 12.4. The molecule has 2 rings (SSSR count). The van der Waals surface area contributed by atoms with E-state index in [1.54, 1.807) is 10.6 Å². The highest BCUT2D eigenvalue weighted by Crippen LogP contribution is 2.22. The lowest BCUT2D eigenvalue weighted by Gasteiger charge is -2.15. The van der Waals surface area contributed by atoms with Crippen molar-refractivity contribution >= 4 is 0 Å². The molecule has 0 radical (unpaired) electrons. The van der Waals surface area contributed by atoms with Crippen LogP contribution in [0.1, 0.15) is 26.3 Å². The normalized spacial score (nSPS) is 10.5. The summed E-state index contributed by atoms with van der Waals surface area (Å²) in [6, 6.07) is 13.0. The maximum Gasteiger partial charge on any atom is 0.268 e. The maximum absolute atomic E-state index is 12.4. The number of aromatic nitrogens is 1. The Morgan fingerprint density at radius 2 is 1.86 bits per heavy atom. The second-order valence-corrected chi connectivity index (χ2v) is 5.51. The molecule has 0 fully saturated rings. The first-order valence-electron chi connectivity index (χ1n) is 7.44. The molecular weight excluding hydrogens is 276 g/mol. The van der Waals surface area contributed by atoms with E-state index in [1.165, 1.54) is 0 Å². The third-order valence-electron chi connectivity index (χ3n) is 3.30. The largest absolute Gasteiger partial charge is 0.494 e. The van der Waals surface area contributed by atoms with Gasteiger partial charge in [0, 0.05) is 6.54 Å². The Balaban J connectivity index is 2.52. The molecule has 0 aliphatic carbocycles. The molecule has 0 aliphatic rings. The van der Waals surface area contributed by atoms with Crippen molar-refractivity contribution in [2.45, 2.75) is 27.3 Å². The van der Waals surface area contributed by atoms with E-state index in [-0.39, 0.29) is 11.1 Å². The number of pyridine rings is 1. The molecule has 0 aliphatic heterocycles. The van der Waals surface area contributed by atoms with Crippen LogP contribution in [-0.4, -0.2) is 11.2 Å². The molecule has 0 bridgehead atoms. The number of nitriles is 1. The monoisotopic (exact) mass is 296 g/mol. The highest BCUT2D eigenvalue weighted by atomic mass is 16.5. The van der Waals surface area contributed by atoms with Gasteiger partial charge in [-0.05, 0) is 54.8 Å². The summed E-state index contributed by atoms with van der Waals surface area (Å²) in [5, 5.41) is 9.05. The van der Waals surface area contributed by atoms with Gasteiger partial charge in [-0.15, -0.1) is 0 Å². The summed E-state index contributed by atoms with van der Waals surface area (Å²) in [6.07, 6.45) is 0. The van der Waals surface area contributed by atoms with E-state index in [9.17, 15) is 4.79 Å². The summed E-state index contributed by atoms with van der Waals surface area (Å²) < 4.78 is 7.12. The van der Waals surface area contributed by atoms with Crippen LogP contribution in [0.4, 0.5) is 0 Å². The molecule has 0 amide bonds. The summed E-state index contributed by atoms with van der Waals surface area (Å²) in [5.41, 5.74) is 1.70. The molecule has 1 aromatic carbocycles. The van der Waals surface area contributed by atoms with Gasteiger partial charge in [-0.2, -0.15) is 5.26 Å². The first kappa shape index (κ1) is 15.8. The summed E-state index contributed by atoms with van der Waals surface area (Å²) in [6.45, 7) is 7.24. The lowest BCUT2D eigenvalue weighted by atomic mass is 10.1. The van der Waals surface area contributed by atoms with E-state index >= 15 is 0 Å². The highest BCUT2D eigenvalue weighted by Gasteiger charge is 2.11. The minimum absolute atomic E-state index is 0.176. The number of ether oxygens (including phenoxy) is 1. The Bertz CT molecular complexity index is 737. The molecule has 0 unspecified atom stereocenters. The van der Waals surface area contributed by atoms with Gasteiger partial charge >= 0.3 is 0 Å². The zero-order valence-electron chi connectivity index (χ0n) is 13.2. The average Bonchev–Trinajstić information content (AvgIpc) is 2.50. The summed E-state index contributed by atoms with van der Waals surface area (Å²) in [7, 11) is 0. The number of hydrogen-bond donors (Lipinski definition) is 0. The maximum atomic E-state index is 12.4. The van der Waals surface area contributed by atoms with Gasteiger partial charge in [0.25, 0.3) is 5.56 Å². The van der Waals surface area contributed by atoms with Gasteiger partial charge in [-0.1, -0.05) is 13.8 Å². The highest BCUT2D eigenvalue weighted by molar-refractivity contribution is 5.61. The predicted octanol–water partition coefficient (Wildman–Crippen LogP) is 3.44. The van der Waals surface area contributed by atoms with Crippen LogP contribution in [0.2, 0.25) is 0 Å². The molecule has 0 spiro atoms. The van der Waals surface area contributed by atoms with Crippen molar-refractivity contribution in [2.24, 2.45) is 5.92 Å². The summed E-state index contributed by atoms with van der Waals surface area (Å²) >= 11 is 0. The van der Waals surface area contributed by atoms with Gasteiger partial charge in [0.1, 0.15) is 17.4 Å². The van der Waals surface area contributed by atoms with Crippen LogP contribution >= 0.6 is 0 Å². The quantitative estimate of drug-likeness (QED) is 0.849. The fourth-order valence-corrected chi connectivity index (χ4v) is 2.35. The van der Waals surface area contributed by atoms with E-state index < -0.39 is 0 Å². The number of benzene rings is 1. The molecule has 1 aromatic heterocycles. The molecule has 2 aromatic rings. The van der Waals surface area contributed by atoms with Crippen molar-refractivity contribution in [3.05, 3.63) is 52.3 Å². The topological polar surface area (TPSA) is 55.0 Å². The van der Waals surface area contributed by atoms with Crippen LogP contribution < -0.4 is 10.3 Å². The van der Waals surface area contributed by atoms with Crippen molar-refractivity contribution in [3.63, 3.8) is 0 Å². The molecule has 0 saturated carbocycles. The van der Waals surface area contributed by atoms with Crippen LogP contribution in [0.25, 0.3) is 11.3 Å². The van der Waals surface area contributed by atoms with Crippen molar-refractivity contribution in [1.82, 2.24) is 4.57 Å². The fourth-order valence-electron chi connectivity index (χ4n) is 2.35. The first-order chi connectivity index (χ1) is 10.6. The van der Waals surface area contributed by atoms with Gasteiger partial charge in [-0.3, -0.25) is 4.79 Å². The Labute approximate surface area is 130 Å². The van der Waals surface area contributed by atoms with E-state index in [4.69, 9.17) is 10.00 Å². The van der Waals surface area contributed by atoms with Gasteiger partial charge in [0.05, 0.1) is 12.3 Å². The van der Waals surface area contributed by atoms with Crippen LogP contribution in [0.3, 0.4) is 0 Å². The molecular formula is C18H20N2O2. The lowest BCUT2D eigenvalue weighted by molar-refractivity contribution is 0.340. The standard InChI is InChI=1S/C18H20N2O2/c1-4-22-16-8-5-14(6-9-16)17-10-7-15(11-19)18(21)20(17)12-13(2)3/h5-10,13H,4,12H2,1-3H3. The average molecular weight is 296 g/mol. The second kappa shape index (κ2) is 6.95. The minimum atomic E-state index is -0.234. The van der Waals surface area contributed by atoms with Crippen LogP contribution in [-0.2, 0) is 6.54 Å². The predicted molar refractivity (Wildman–Crippen MR) is 86.9 cm³/mol. The van der Waals surface area contributed by atoms with Crippen LogP contribution in [0.15, 0.2) is 41.2 Å². The molecule has 0 saturated heterocycles. The zero-order chi connectivity index (χ0) is 16.1. The number of nitrogens with zero attached hydrogens (tertiary/aromatic N) is 2. The molecule has 0 N–H and O–H groups in total. The van der Waals surface area contributed by atoms with Crippen molar-refractivity contribution < 1.29 is 4.74 Å². The van der Waals surface area contributed by atoms with Crippen LogP contribution in [0.5, 0.6) is 5.75 Å². The van der Waals surface area contributed by atoms with Crippen LogP contribution in [0, 0.1) is 17.2 Å². The van der Waals surface area contributed by atoms with Gasteiger partial charge in [0.2, 0.25) is 0 Å². The Hall–Kier alpha value is -2.54. The number of rotatable bonds is 5. The Morgan fingerprint density at radius 3 is 2.41 bits per heavy atom. The number of hydrogen-bond acceptors (Lipinski definition) is 3. The summed E-state index contributed by atoms with van der Waals surface area (Å²) in [5.74, 6) is 1.12. The smallest absolute Gasteiger partial charge is 0.268 e. The van der Waals surface area contributed by atoms with E-state index in [2.05, 4.69) is 0 Å².